The van der Waals surface area contributed by atoms with Crippen LogP contribution in [-0.2, 0) is 15.4 Å². The van der Waals surface area contributed by atoms with Gasteiger partial charge in [0.25, 0.3) is 10.0 Å². The summed E-state index contributed by atoms with van der Waals surface area (Å²) in [6, 6.07) is 33.3. The topological polar surface area (TPSA) is 66.8 Å². The lowest BCUT2D eigenvalue weighted by Crippen LogP contribution is -2.31. The Morgan fingerprint density at radius 2 is 1.25 bits per heavy atom. The van der Waals surface area contributed by atoms with Crippen molar-refractivity contribution in [2.45, 2.75) is 17.2 Å². The van der Waals surface area contributed by atoms with Crippen LogP contribution in [0.4, 0.5) is 0 Å². The fourth-order valence-electron chi connectivity index (χ4n) is 7.35. The van der Waals surface area contributed by atoms with Gasteiger partial charge in [0.1, 0.15) is 5.75 Å². The van der Waals surface area contributed by atoms with E-state index in [9.17, 15) is 0 Å². The van der Waals surface area contributed by atoms with Gasteiger partial charge < -0.3 is 14.2 Å². The van der Waals surface area contributed by atoms with Crippen molar-refractivity contribution >= 4 is 20.9 Å². The monoisotopic (exact) mass is 599 g/mol. The zero-order valence-electron chi connectivity index (χ0n) is 24.7. The first-order chi connectivity index (χ1) is 21.4. The van der Waals surface area contributed by atoms with Gasteiger partial charge >= 0.3 is 0 Å². The first-order valence-electron chi connectivity index (χ1n) is 14.4. The van der Waals surface area contributed by atoms with Crippen molar-refractivity contribution in [3.8, 4) is 39.5 Å². The van der Waals surface area contributed by atoms with E-state index < -0.39 is 15.4 Å². The van der Waals surface area contributed by atoms with Crippen LogP contribution < -0.4 is 14.2 Å². The summed E-state index contributed by atoms with van der Waals surface area (Å²) in [4.78, 5) is 0.209. The summed E-state index contributed by atoms with van der Waals surface area (Å²) in [5.74, 6) is 1.68. The van der Waals surface area contributed by atoms with Gasteiger partial charge in [-0.2, -0.15) is 0 Å². The lowest BCUT2D eigenvalue weighted by molar-refractivity contribution is 0.356. The van der Waals surface area contributed by atoms with Crippen molar-refractivity contribution in [2.75, 3.05) is 21.3 Å². The maximum absolute atomic E-state index is 15.0. The van der Waals surface area contributed by atoms with Crippen LogP contribution in [0.15, 0.2) is 108 Å². The summed E-state index contributed by atoms with van der Waals surface area (Å²) in [5.41, 5.74) is 8.20. The molecule has 0 atom stereocenters. The molecule has 2 aliphatic carbocycles. The highest BCUT2D eigenvalue weighted by Crippen LogP contribution is 2.65. The normalized spacial score (nSPS) is 13.8. The van der Waals surface area contributed by atoms with Gasteiger partial charge in [0.15, 0.2) is 11.5 Å². The summed E-state index contributed by atoms with van der Waals surface area (Å²) >= 11 is 0. The standard InChI is InChI=1S/C37H29NO5S/c1-22-13-16-24(17-14-22)44(39,40)38-32-21-34(43-4)33(42-3)20-28(32)35-27-18-15-23(41-2)19-31(27)37(36(35)38)29-11-7-5-9-25(29)26-10-6-8-12-30(26)37/h5-21H,1-4H3. The molecule has 0 radical (unpaired) electrons. The van der Waals surface area contributed by atoms with Crippen LogP contribution in [0, 0.1) is 6.92 Å². The smallest absolute Gasteiger partial charge is 0.268 e. The summed E-state index contributed by atoms with van der Waals surface area (Å²) in [5, 5.41) is 0.762. The summed E-state index contributed by atoms with van der Waals surface area (Å²) in [6.07, 6.45) is 0. The summed E-state index contributed by atoms with van der Waals surface area (Å²) < 4.78 is 48.9. The van der Waals surface area contributed by atoms with E-state index >= 15 is 8.42 Å². The van der Waals surface area contributed by atoms with Crippen LogP contribution >= 0.6 is 0 Å². The Morgan fingerprint density at radius 1 is 0.636 bits per heavy atom. The third-order valence-corrected chi connectivity index (χ3v) is 10.9. The van der Waals surface area contributed by atoms with Gasteiger partial charge in [-0.15, -0.1) is 0 Å². The maximum Gasteiger partial charge on any atom is 0.268 e. The average Bonchev–Trinajstić information content (AvgIpc) is 3.65. The molecular formula is C37H29NO5S. The highest BCUT2D eigenvalue weighted by Gasteiger charge is 2.56. The fourth-order valence-corrected chi connectivity index (χ4v) is 8.92. The Hall–Kier alpha value is -5.01. The minimum atomic E-state index is -4.12. The fraction of sp³-hybridized carbons (Fsp3) is 0.135. The molecule has 1 spiro atoms. The quantitative estimate of drug-likeness (QED) is 0.204. The molecule has 44 heavy (non-hydrogen) atoms. The molecule has 8 rings (SSSR count). The molecule has 7 heteroatoms. The summed E-state index contributed by atoms with van der Waals surface area (Å²) in [7, 11) is 0.685. The summed E-state index contributed by atoms with van der Waals surface area (Å²) in [6.45, 7) is 1.95. The molecular weight excluding hydrogens is 570 g/mol. The van der Waals surface area contributed by atoms with E-state index in [2.05, 4.69) is 30.3 Å². The van der Waals surface area contributed by atoms with E-state index in [0.29, 0.717) is 28.5 Å². The Morgan fingerprint density at radius 3 is 1.86 bits per heavy atom. The van der Waals surface area contributed by atoms with Gasteiger partial charge in [-0.05, 0) is 70.6 Å². The number of aryl methyl sites for hydroxylation is 1. The van der Waals surface area contributed by atoms with Crippen LogP contribution in [0.25, 0.3) is 33.2 Å². The third kappa shape index (κ3) is 3.22. The van der Waals surface area contributed by atoms with Gasteiger partial charge in [-0.25, -0.2) is 12.4 Å². The van der Waals surface area contributed by atoms with Gasteiger partial charge in [0.05, 0.1) is 42.9 Å². The van der Waals surface area contributed by atoms with Crippen LogP contribution in [-0.4, -0.2) is 33.7 Å². The maximum atomic E-state index is 15.0. The van der Waals surface area contributed by atoms with Gasteiger partial charge in [0.2, 0.25) is 0 Å². The first kappa shape index (κ1) is 26.6. The molecule has 1 aromatic heterocycles. The number of methoxy groups -OCH3 is 3. The van der Waals surface area contributed by atoms with Crippen molar-refractivity contribution in [3.05, 3.63) is 131 Å². The number of rotatable bonds is 5. The molecule has 6 nitrogen and oxygen atoms in total. The van der Waals surface area contributed by atoms with Crippen molar-refractivity contribution in [1.82, 2.24) is 3.97 Å². The van der Waals surface area contributed by atoms with Crippen molar-refractivity contribution in [1.29, 1.82) is 0 Å². The Balaban J connectivity index is 1.64. The highest BCUT2D eigenvalue weighted by molar-refractivity contribution is 7.90. The zero-order chi connectivity index (χ0) is 30.4. The minimum Gasteiger partial charge on any atom is -0.497 e. The average molecular weight is 600 g/mol. The van der Waals surface area contributed by atoms with Crippen LogP contribution in [0.1, 0.15) is 27.9 Å². The van der Waals surface area contributed by atoms with E-state index in [1.54, 1.807) is 43.5 Å². The van der Waals surface area contributed by atoms with E-state index in [4.69, 9.17) is 14.2 Å². The van der Waals surface area contributed by atoms with E-state index in [-0.39, 0.29) is 4.90 Å². The molecule has 0 saturated heterocycles. The van der Waals surface area contributed by atoms with Crippen LogP contribution in [0.2, 0.25) is 0 Å². The lowest BCUT2D eigenvalue weighted by Gasteiger charge is -2.31. The molecule has 218 valence electrons. The molecule has 6 aromatic rings. The molecule has 0 aliphatic heterocycles. The van der Waals surface area contributed by atoms with Gasteiger partial charge in [-0.1, -0.05) is 72.3 Å². The predicted octanol–water partition coefficient (Wildman–Crippen LogP) is 7.56. The predicted molar refractivity (Wildman–Crippen MR) is 172 cm³/mol. The molecule has 5 aromatic carbocycles. The van der Waals surface area contributed by atoms with Crippen molar-refractivity contribution < 1.29 is 22.6 Å². The number of hydrogen-bond acceptors (Lipinski definition) is 5. The molecule has 0 fully saturated rings. The SMILES string of the molecule is COc1ccc2c(c1)C1(c3ccccc3-c3ccccc31)c1c-2c2cc(OC)c(OC)cc2n1S(=O)(=O)c1ccc(C)cc1. The van der Waals surface area contributed by atoms with Gasteiger partial charge in [-0.3, -0.25) is 0 Å². The number of benzene rings is 5. The second-order valence-corrected chi connectivity index (χ2v) is 13.1. The number of nitrogens with zero attached hydrogens (tertiary/aromatic N) is 1. The molecule has 2 aliphatic rings. The van der Waals surface area contributed by atoms with Crippen molar-refractivity contribution in [3.63, 3.8) is 0 Å². The molecule has 0 N–H and O–H groups in total. The van der Waals surface area contributed by atoms with E-state index in [1.807, 2.05) is 61.5 Å². The largest absolute Gasteiger partial charge is 0.497 e. The highest BCUT2D eigenvalue weighted by atomic mass is 32.2. The van der Waals surface area contributed by atoms with Gasteiger partial charge in [0, 0.05) is 17.0 Å². The third-order valence-electron chi connectivity index (χ3n) is 9.20. The first-order valence-corrected chi connectivity index (χ1v) is 15.8. The molecule has 0 amide bonds. The Labute approximate surface area is 256 Å². The van der Waals surface area contributed by atoms with Crippen LogP contribution in [0.5, 0.6) is 17.2 Å². The number of ether oxygens (including phenoxy) is 3. The zero-order valence-corrected chi connectivity index (χ0v) is 25.5. The van der Waals surface area contributed by atoms with E-state index in [0.717, 1.165) is 49.9 Å². The van der Waals surface area contributed by atoms with E-state index in [1.165, 1.54) is 0 Å². The molecule has 0 unspecified atom stereocenters. The van der Waals surface area contributed by atoms with Crippen LogP contribution in [0.3, 0.4) is 0 Å². The molecule has 0 saturated carbocycles. The lowest BCUT2D eigenvalue weighted by atomic mass is 9.72. The minimum absolute atomic E-state index is 0.209. The second kappa shape index (κ2) is 9.24. The Kier molecular flexibility index (Phi) is 5.59. The molecule has 1 heterocycles. The van der Waals surface area contributed by atoms with Crippen molar-refractivity contribution in [2.24, 2.45) is 0 Å². The number of fused-ring (bicyclic) bond motifs is 12. The molecule has 0 bridgehead atoms. The second-order valence-electron chi connectivity index (χ2n) is 11.3. The number of hydrogen-bond donors (Lipinski definition) is 0. The Bertz CT molecular complexity index is 2220. The number of aromatic nitrogens is 1.